The zero-order valence-electron chi connectivity index (χ0n) is 7.43. The Labute approximate surface area is 94.5 Å². The van der Waals surface area contributed by atoms with E-state index in [1.807, 2.05) is 0 Å². The smallest absolute Gasteiger partial charge is 0.0711 e. The predicted octanol–water partition coefficient (Wildman–Crippen LogP) is 4.69. The van der Waals surface area contributed by atoms with Crippen LogP contribution in [0.1, 0.15) is 5.56 Å². The van der Waals surface area contributed by atoms with Gasteiger partial charge in [0.1, 0.15) is 0 Å². The van der Waals surface area contributed by atoms with Crippen LogP contribution in [0, 0.1) is 6.92 Å². The van der Waals surface area contributed by atoms with Crippen LogP contribution in [0.5, 0.6) is 0 Å². The van der Waals surface area contributed by atoms with E-state index in [1.165, 1.54) is 24.3 Å². The van der Waals surface area contributed by atoms with Gasteiger partial charge in [-0.3, -0.25) is 0 Å². The molecule has 2 aromatic rings. The molecule has 0 saturated carbocycles. The molecule has 0 saturated heterocycles. The van der Waals surface area contributed by atoms with Gasteiger partial charge in [0.25, 0.3) is 0 Å². The van der Waals surface area contributed by atoms with Crippen LogP contribution in [0.25, 0.3) is 10.1 Å². The maximum Gasteiger partial charge on any atom is 0.0711 e. The molecule has 0 bridgehead atoms. The van der Waals surface area contributed by atoms with E-state index in [2.05, 4.69) is 47.3 Å². The highest BCUT2D eigenvalue weighted by Crippen LogP contribution is 2.34. The number of aryl methyl sites for hydroxylation is 1. The topological polar surface area (TPSA) is 0 Å². The largest absolute Gasteiger partial charge is 0.130 e. The van der Waals surface area contributed by atoms with E-state index >= 15 is 0 Å². The number of rotatable bonds is 1. The Bertz CT molecular complexity index is 445. The van der Waals surface area contributed by atoms with Gasteiger partial charge in [-0.15, -0.1) is 23.1 Å². The van der Waals surface area contributed by atoms with Crippen molar-refractivity contribution in [2.75, 3.05) is 6.26 Å². The molecule has 0 aliphatic carbocycles. The van der Waals surface area contributed by atoms with Crippen LogP contribution in [0.3, 0.4) is 0 Å². The Morgan fingerprint density at radius 3 is 2.77 bits per heavy atom. The van der Waals surface area contributed by atoms with Crippen molar-refractivity contribution >= 4 is 49.1 Å². The molecular weight excluding hydrogens is 264 g/mol. The first kappa shape index (κ1) is 9.56. The number of hydrogen-bond donors (Lipinski definition) is 0. The first-order chi connectivity index (χ1) is 6.20. The van der Waals surface area contributed by atoms with Crippen LogP contribution in [0.2, 0.25) is 0 Å². The second-order valence-electron chi connectivity index (χ2n) is 2.91. The number of fused-ring (bicyclic) bond motifs is 1. The third kappa shape index (κ3) is 1.78. The Morgan fingerprint density at radius 1 is 1.31 bits per heavy atom. The van der Waals surface area contributed by atoms with Crippen LogP contribution >= 0.6 is 39.0 Å². The van der Waals surface area contributed by atoms with Gasteiger partial charge in [-0.25, -0.2) is 0 Å². The molecule has 0 atom stereocenters. The van der Waals surface area contributed by atoms with E-state index in [0.717, 1.165) is 0 Å². The molecular formula is C10H9BrS2. The summed E-state index contributed by atoms with van der Waals surface area (Å²) in [6.45, 7) is 2.17. The lowest BCUT2D eigenvalue weighted by molar-refractivity contribution is 1.43. The fourth-order valence-electron chi connectivity index (χ4n) is 1.38. The lowest BCUT2D eigenvalue weighted by Gasteiger charge is -1.99. The number of halogens is 1. The third-order valence-electron chi connectivity index (χ3n) is 1.98. The number of thioether (sulfide) groups is 1. The zero-order valence-corrected chi connectivity index (χ0v) is 10.6. The van der Waals surface area contributed by atoms with E-state index in [-0.39, 0.29) is 0 Å². The maximum absolute atomic E-state index is 3.52. The van der Waals surface area contributed by atoms with E-state index in [0.29, 0.717) is 0 Å². The van der Waals surface area contributed by atoms with Crippen LogP contribution in [-0.2, 0) is 0 Å². The highest BCUT2D eigenvalue weighted by atomic mass is 79.9. The van der Waals surface area contributed by atoms with Gasteiger partial charge in [0.05, 0.1) is 3.79 Å². The summed E-state index contributed by atoms with van der Waals surface area (Å²) in [7, 11) is 0. The van der Waals surface area contributed by atoms with Crippen molar-refractivity contribution in [3.8, 4) is 0 Å². The van der Waals surface area contributed by atoms with Gasteiger partial charge in [-0.2, -0.15) is 0 Å². The van der Waals surface area contributed by atoms with Crippen molar-refractivity contribution in [3.05, 3.63) is 27.5 Å². The van der Waals surface area contributed by atoms with Gasteiger partial charge in [0, 0.05) is 9.60 Å². The first-order valence-electron chi connectivity index (χ1n) is 3.94. The summed E-state index contributed by atoms with van der Waals surface area (Å²) in [5, 5.41) is 1.35. The average molecular weight is 273 g/mol. The number of thiophene rings is 1. The Hall–Kier alpha value is 0.01000. The molecule has 3 heteroatoms. The van der Waals surface area contributed by atoms with Gasteiger partial charge < -0.3 is 0 Å². The molecule has 1 heterocycles. The molecule has 0 spiro atoms. The minimum absolute atomic E-state index is 1.21. The molecule has 0 nitrogen and oxygen atoms in total. The summed E-state index contributed by atoms with van der Waals surface area (Å²) >= 11 is 7.12. The van der Waals surface area contributed by atoms with E-state index in [9.17, 15) is 0 Å². The molecule has 0 radical (unpaired) electrons. The number of benzene rings is 1. The van der Waals surface area contributed by atoms with Crippen molar-refractivity contribution < 1.29 is 0 Å². The van der Waals surface area contributed by atoms with Gasteiger partial charge in [0.2, 0.25) is 0 Å². The molecule has 0 amide bonds. The first-order valence-corrected chi connectivity index (χ1v) is 6.78. The molecule has 2 rings (SSSR count). The molecule has 68 valence electrons. The van der Waals surface area contributed by atoms with Gasteiger partial charge in [-0.1, -0.05) is 0 Å². The summed E-state index contributed by atoms with van der Waals surface area (Å²) in [5.74, 6) is 0. The minimum Gasteiger partial charge on any atom is -0.130 e. The van der Waals surface area contributed by atoms with E-state index < -0.39 is 0 Å². The van der Waals surface area contributed by atoms with Crippen LogP contribution in [-0.4, -0.2) is 6.26 Å². The van der Waals surface area contributed by atoms with Crippen LogP contribution in [0.4, 0.5) is 0 Å². The summed E-state index contributed by atoms with van der Waals surface area (Å²) < 4.78 is 2.61. The SMILES string of the molecule is CSc1cc(C)c2sc(Br)cc2c1. The summed E-state index contributed by atoms with van der Waals surface area (Å²) in [6, 6.07) is 6.68. The van der Waals surface area contributed by atoms with Crippen LogP contribution < -0.4 is 0 Å². The summed E-state index contributed by atoms with van der Waals surface area (Å²) in [4.78, 5) is 1.34. The van der Waals surface area contributed by atoms with Gasteiger partial charge in [-0.05, 0) is 58.3 Å². The summed E-state index contributed by atoms with van der Waals surface area (Å²) in [6.07, 6.45) is 2.11. The fraction of sp³-hybridized carbons (Fsp3) is 0.200. The van der Waals surface area contributed by atoms with Crippen molar-refractivity contribution in [2.24, 2.45) is 0 Å². The highest BCUT2D eigenvalue weighted by Gasteiger charge is 2.03. The molecule has 0 fully saturated rings. The van der Waals surface area contributed by atoms with Crippen molar-refractivity contribution in [2.45, 2.75) is 11.8 Å². The van der Waals surface area contributed by atoms with Crippen molar-refractivity contribution in [1.82, 2.24) is 0 Å². The van der Waals surface area contributed by atoms with Crippen molar-refractivity contribution in [1.29, 1.82) is 0 Å². The van der Waals surface area contributed by atoms with Gasteiger partial charge >= 0.3 is 0 Å². The molecule has 1 aromatic heterocycles. The molecule has 0 aliphatic heterocycles. The van der Waals surface area contributed by atoms with Gasteiger partial charge in [0.15, 0.2) is 0 Å². The Morgan fingerprint density at radius 2 is 2.08 bits per heavy atom. The number of hydrogen-bond acceptors (Lipinski definition) is 2. The second-order valence-corrected chi connectivity index (χ2v) is 6.22. The van der Waals surface area contributed by atoms with Crippen molar-refractivity contribution in [3.63, 3.8) is 0 Å². The van der Waals surface area contributed by atoms with E-state index in [1.54, 1.807) is 23.1 Å². The molecule has 13 heavy (non-hydrogen) atoms. The minimum atomic E-state index is 1.21. The average Bonchev–Trinajstić information content (AvgIpc) is 2.46. The standard InChI is InChI=1S/C10H9BrS2/c1-6-3-8(12-2)4-7-5-9(11)13-10(6)7/h3-5H,1-2H3. The predicted molar refractivity (Wildman–Crippen MR) is 66.0 cm³/mol. The normalized spacial score (nSPS) is 11.0. The second kappa shape index (κ2) is 3.64. The monoisotopic (exact) mass is 272 g/mol. The summed E-state index contributed by atoms with van der Waals surface area (Å²) in [5.41, 5.74) is 1.37. The lowest BCUT2D eigenvalue weighted by Crippen LogP contribution is -1.74. The zero-order chi connectivity index (χ0) is 9.42. The molecule has 0 N–H and O–H groups in total. The third-order valence-corrected chi connectivity index (χ3v) is 4.48. The van der Waals surface area contributed by atoms with E-state index in [4.69, 9.17) is 0 Å². The Kier molecular flexibility index (Phi) is 2.67. The molecule has 0 unspecified atom stereocenters. The Balaban J connectivity index is 2.75. The maximum atomic E-state index is 3.52. The molecule has 1 aromatic carbocycles. The highest BCUT2D eigenvalue weighted by molar-refractivity contribution is 9.11. The fourth-order valence-corrected chi connectivity index (χ4v) is 3.49. The quantitative estimate of drug-likeness (QED) is 0.679. The lowest BCUT2D eigenvalue weighted by atomic mass is 10.2. The van der Waals surface area contributed by atoms with Crippen LogP contribution in [0.15, 0.2) is 26.9 Å². The molecule has 0 aliphatic rings.